The zero-order valence-corrected chi connectivity index (χ0v) is 24.4. The van der Waals surface area contributed by atoms with Gasteiger partial charge in [-0.15, -0.1) is 0 Å². The van der Waals surface area contributed by atoms with E-state index in [-0.39, 0.29) is 12.1 Å². The maximum Gasteiger partial charge on any atom is 0.212 e. The van der Waals surface area contributed by atoms with Crippen molar-refractivity contribution in [3.05, 3.63) is 82.9 Å². The van der Waals surface area contributed by atoms with Crippen molar-refractivity contribution >= 4 is 70.9 Å². The number of hydrogen-bond acceptors (Lipinski definition) is 7. The van der Waals surface area contributed by atoms with Gasteiger partial charge in [0, 0.05) is 28.8 Å². The number of nitrogens with zero attached hydrogens (tertiary/aromatic N) is 6. The number of aromatic nitrogens is 2. The molecule has 0 spiro atoms. The molecule has 0 aliphatic carbocycles. The summed E-state index contributed by atoms with van der Waals surface area (Å²) >= 11 is 3.17. The largest absolute Gasteiger partial charge is 0.383 e. The molecule has 202 valence electrons. The van der Waals surface area contributed by atoms with E-state index in [1.165, 1.54) is 5.56 Å². The smallest absolute Gasteiger partial charge is 0.212 e. The average Bonchev–Trinajstić information content (AvgIpc) is 3.62. The minimum atomic E-state index is 0.132. The summed E-state index contributed by atoms with van der Waals surface area (Å²) in [6.45, 7) is 8.75. The second-order valence-corrected chi connectivity index (χ2v) is 12.3. The van der Waals surface area contributed by atoms with Gasteiger partial charge in [0.1, 0.15) is 17.5 Å². The van der Waals surface area contributed by atoms with Gasteiger partial charge in [0.05, 0.1) is 27.0 Å². The van der Waals surface area contributed by atoms with Crippen LogP contribution < -0.4 is 16.4 Å². The molecule has 1 aliphatic heterocycles. The van der Waals surface area contributed by atoms with Gasteiger partial charge in [0.15, 0.2) is 5.13 Å². The quantitative estimate of drug-likeness (QED) is 0.187. The van der Waals surface area contributed by atoms with Gasteiger partial charge in [-0.25, -0.2) is 15.0 Å². The maximum absolute atomic E-state index is 6.25. The van der Waals surface area contributed by atoms with Crippen LogP contribution in [-0.4, -0.2) is 39.6 Å². The van der Waals surface area contributed by atoms with Gasteiger partial charge in [-0.1, -0.05) is 46.9 Å². The third kappa shape index (κ3) is 5.07. The topological polar surface area (TPSA) is 118 Å². The second-order valence-electron chi connectivity index (χ2n) is 10.3. The van der Waals surface area contributed by atoms with Gasteiger partial charge in [-0.2, -0.15) is 0 Å². The number of nitrogens with two attached hydrogens (primary N) is 2. The molecule has 1 aliphatic rings. The molecule has 0 radical (unpaired) electrons. The molecule has 0 saturated carbocycles. The van der Waals surface area contributed by atoms with Crippen LogP contribution in [0.3, 0.4) is 0 Å². The summed E-state index contributed by atoms with van der Waals surface area (Å²) in [5, 5.41) is 1.56. The van der Waals surface area contributed by atoms with Crippen molar-refractivity contribution in [1.29, 1.82) is 0 Å². The third-order valence-electron chi connectivity index (χ3n) is 6.42. The summed E-state index contributed by atoms with van der Waals surface area (Å²) in [4.78, 5) is 26.0. The molecule has 0 amide bonds. The van der Waals surface area contributed by atoms with E-state index >= 15 is 0 Å². The summed E-state index contributed by atoms with van der Waals surface area (Å²) < 4.78 is 2.07. The summed E-state index contributed by atoms with van der Waals surface area (Å²) in [6.07, 6.45) is 0. The minimum absolute atomic E-state index is 0.132. The Bertz CT molecular complexity index is 1830. The van der Waals surface area contributed by atoms with Crippen molar-refractivity contribution in [3.8, 4) is 0 Å². The van der Waals surface area contributed by atoms with Crippen molar-refractivity contribution < 1.29 is 0 Å². The van der Waals surface area contributed by atoms with Gasteiger partial charge < -0.3 is 11.5 Å². The third-order valence-corrected chi connectivity index (χ3v) is 8.37. The number of rotatable bonds is 6. The van der Waals surface area contributed by atoms with E-state index in [1.54, 1.807) is 22.7 Å². The molecular weight excluding hydrogens is 537 g/mol. The fourth-order valence-electron chi connectivity index (χ4n) is 4.65. The van der Waals surface area contributed by atoms with E-state index in [4.69, 9.17) is 26.4 Å². The summed E-state index contributed by atoms with van der Waals surface area (Å²) in [6, 6.07) is 20.7. The first kappa shape index (κ1) is 26.1. The standard InChI is InChI=1S/C30H30N8S2/c1-16(2)33-26(31)18-9-11-22-24(13-18)39-29(35-22)37-28-21-8-6-5-7-20(21)15-38(28)30-36-23-12-10-19(14-25(23)40-30)27(32)34-17(3)4/h5-14,16-17H,15H2,1-4H3,(H2,31,33)(H2,32,34)/b37-28+. The number of anilines is 1. The van der Waals surface area contributed by atoms with Crippen LogP contribution in [0.25, 0.3) is 20.4 Å². The number of hydrogen-bond donors (Lipinski definition) is 2. The zero-order chi connectivity index (χ0) is 28.0. The van der Waals surface area contributed by atoms with Crippen molar-refractivity contribution in [1.82, 2.24) is 9.97 Å². The lowest BCUT2D eigenvalue weighted by molar-refractivity contribution is 0.834. The average molecular weight is 567 g/mol. The molecule has 0 saturated heterocycles. The Balaban J connectivity index is 1.40. The number of aliphatic imine (C=N–C) groups is 3. The molecule has 6 rings (SSSR count). The van der Waals surface area contributed by atoms with Crippen molar-refractivity contribution in [2.24, 2.45) is 26.4 Å². The lowest BCUT2D eigenvalue weighted by atomic mass is 10.1. The number of amidine groups is 3. The van der Waals surface area contributed by atoms with Crippen LogP contribution in [0, 0.1) is 0 Å². The second kappa shape index (κ2) is 10.4. The van der Waals surface area contributed by atoms with Crippen LogP contribution in [0.2, 0.25) is 0 Å². The monoisotopic (exact) mass is 566 g/mol. The predicted octanol–water partition coefficient (Wildman–Crippen LogP) is 6.23. The van der Waals surface area contributed by atoms with Crippen LogP contribution in [0.15, 0.2) is 75.6 Å². The highest BCUT2D eigenvalue weighted by Crippen LogP contribution is 2.37. The molecular formula is C30H30N8S2. The van der Waals surface area contributed by atoms with Crippen molar-refractivity contribution in [2.45, 2.75) is 46.3 Å². The van der Waals surface area contributed by atoms with Crippen LogP contribution in [-0.2, 0) is 6.54 Å². The zero-order valence-electron chi connectivity index (χ0n) is 22.8. The normalized spacial score (nSPS) is 15.3. The van der Waals surface area contributed by atoms with Gasteiger partial charge >= 0.3 is 0 Å². The maximum atomic E-state index is 6.25. The lowest BCUT2D eigenvalue weighted by Gasteiger charge is -2.14. The molecule has 2 aromatic heterocycles. The van der Waals surface area contributed by atoms with E-state index in [2.05, 4.69) is 39.2 Å². The molecule has 40 heavy (non-hydrogen) atoms. The Morgan fingerprint density at radius 1 is 0.800 bits per heavy atom. The Morgan fingerprint density at radius 2 is 1.40 bits per heavy atom. The Hall–Kier alpha value is -4.15. The van der Waals surface area contributed by atoms with E-state index in [1.807, 2.05) is 64.1 Å². The van der Waals surface area contributed by atoms with E-state index < -0.39 is 0 Å². The Morgan fingerprint density at radius 3 is 2.05 bits per heavy atom. The molecule has 5 aromatic rings. The Labute approximate surface area is 240 Å². The van der Waals surface area contributed by atoms with E-state index in [9.17, 15) is 0 Å². The molecule has 0 unspecified atom stereocenters. The van der Waals surface area contributed by atoms with E-state index in [0.29, 0.717) is 23.3 Å². The predicted molar refractivity (Wildman–Crippen MR) is 170 cm³/mol. The van der Waals surface area contributed by atoms with Gasteiger partial charge in [-0.3, -0.25) is 14.9 Å². The Kier molecular flexibility index (Phi) is 6.81. The highest BCUT2D eigenvalue weighted by molar-refractivity contribution is 7.22. The first-order chi connectivity index (χ1) is 19.2. The summed E-state index contributed by atoms with van der Waals surface area (Å²) in [7, 11) is 0. The summed E-state index contributed by atoms with van der Waals surface area (Å²) in [5.41, 5.74) is 18.4. The number of benzene rings is 3. The van der Waals surface area contributed by atoms with Crippen LogP contribution >= 0.6 is 22.7 Å². The lowest BCUT2D eigenvalue weighted by Crippen LogP contribution is -2.23. The molecule has 4 N–H and O–H groups in total. The molecule has 3 heterocycles. The first-order valence-electron chi connectivity index (χ1n) is 13.2. The van der Waals surface area contributed by atoms with Crippen LogP contribution in [0.5, 0.6) is 0 Å². The summed E-state index contributed by atoms with van der Waals surface area (Å²) in [5.74, 6) is 1.92. The molecule has 0 atom stereocenters. The van der Waals surface area contributed by atoms with Crippen LogP contribution in [0.4, 0.5) is 10.3 Å². The van der Waals surface area contributed by atoms with Gasteiger partial charge in [0.25, 0.3) is 0 Å². The molecule has 10 heteroatoms. The van der Waals surface area contributed by atoms with Gasteiger partial charge in [-0.05, 0) is 69.7 Å². The molecule has 8 nitrogen and oxygen atoms in total. The molecule has 3 aromatic carbocycles. The minimum Gasteiger partial charge on any atom is -0.383 e. The number of fused-ring (bicyclic) bond motifs is 3. The van der Waals surface area contributed by atoms with Gasteiger partial charge in [0.2, 0.25) is 5.13 Å². The highest BCUT2D eigenvalue weighted by Gasteiger charge is 2.29. The first-order valence-corrected chi connectivity index (χ1v) is 14.8. The van der Waals surface area contributed by atoms with Crippen molar-refractivity contribution in [2.75, 3.05) is 4.90 Å². The highest BCUT2D eigenvalue weighted by atomic mass is 32.1. The SMILES string of the molecule is CC(C)N=C(N)c1ccc2nc(/N=C3\c4ccccc4CN3c3nc4ccc(C(N)=NC(C)C)cc4s3)sc2c1. The number of thiazole rings is 2. The van der Waals surface area contributed by atoms with Crippen LogP contribution in [0.1, 0.15) is 49.9 Å². The van der Waals surface area contributed by atoms with E-state index in [0.717, 1.165) is 48.1 Å². The molecule has 0 fully saturated rings. The fourth-order valence-corrected chi connectivity index (χ4v) is 6.53. The van der Waals surface area contributed by atoms with Crippen molar-refractivity contribution in [3.63, 3.8) is 0 Å². The molecule has 0 bridgehead atoms. The fraction of sp³-hybridized carbons (Fsp3) is 0.233.